The number of carboxylic acids is 1. The van der Waals surface area contributed by atoms with Crippen molar-refractivity contribution in [1.82, 2.24) is 14.6 Å². The van der Waals surface area contributed by atoms with Crippen molar-refractivity contribution in [3.05, 3.63) is 46.1 Å². The number of halogens is 1. The Kier molecular flexibility index (Phi) is 1.97. The number of pyridine rings is 1. The van der Waals surface area contributed by atoms with E-state index in [0.717, 1.165) is 16.5 Å². The zero-order valence-electron chi connectivity index (χ0n) is 8.85. The van der Waals surface area contributed by atoms with Gasteiger partial charge in [-0.1, -0.05) is 0 Å². The van der Waals surface area contributed by atoms with Crippen LogP contribution in [0.4, 0.5) is 4.39 Å². The van der Waals surface area contributed by atoms with Gasteiger partial charge >= 0.3 is 11.7 Å². The fraction of sp³-hybridized carbons (Fsp3) is 0. The van der Waals surface area contributed by atoms with Gasteiger partial charge in [-0.05, 0) is 24.3 Å². The van der Waals surface area contributed by atoms with Crippen molar-refractivity contribution in [2.24, 2.45) is 0 Å². The lowest BCUT2D eigenvalue weighted by Gasteiger charge is -2.04. The zero-order chi connectivity index (χ0) is 12.9. The molecule has 0 aliphatic carbocycles. The van der Waals surface area contributed by atoms with E-state index in [9.17, 15) is 14.0 Å². The molecule has 0 spiro atoms. The van der Waals surface area contributed by atoms with E-state index in [4.69, 9.17) is 5.11 Å². The van der Waals surface area contributed by atoms with Gasteiger partial charge < -0.3 is 5.11 Å². The number of carbonyl (C=O) groups is 1. The summed E-state index contributed by atoms with van der Waals surface area (Å²) in [5.41, 5.74) is -0.270. The molecule has 0 saturated heterocycles. The second-order valence-electron chi connectivity index (χ2n) is 3.75. The molecule has 0 amide bonds. The predicted octanol–water partition coefficient (Wildman–Crippen LogP) is 1.01. The molecule has 0 fully saturated rings. The topological polar surface area (TPSA) is 87.5 Å². The number of hydrogen-bond acceptors (Lipinski definition) is 3. The molecule has 0 aliphatic heterocycles. The minimum absolute atomic E-state index is 0.0310. The molecule has 7 heteroatoms. The molecule has 0 aliphatic rings. The second kappa shape index (κ2) is 3.39. The Morgan fingerprint density at radius 3 is 2.89 bits per heavy atom. The number of aromatic amines is 1. The Bertz CT molecular complexity index is 850. The van der Waals surface area contributed by atoms with Gasteiger partial charge in [-0.25, -0.2) is 23.5 Å². The molecule has 0 saturated carbocycles. The number of nitrogens with one attached hydrogen (secondary N) is 1. The van der Waals surface area contributed by atoms with Gasteiger partial charge in [0.25, 0.3) is 0 Å². The highest BCUT2D eigenvalue weighted by molar-refractivity contribution is 6.04. The number of aromatic carboxylic acids is 1. The van der Waals surface area contributed by atoms with Crippen LogP contribution >= 0.6 is 0 Å². The van der Waals surface area contributed by atoms with Crippen molar-refractivity contribution in [2.75, 3.05) is 0 Å². The average molecular weight is 247 g/mol. The summed E-state index contributed by atoms with van der Waals surface area (Å²) >= 11 is 0. The predicted molar refractivity (Wildman–Crippen MR) is 60.2 cm³/mol. The largest absolute Gasteiger partial charge is 0.478 e. The standard InChI is InChI=1S/C11H6FN3O3/c12-5-1-2-6-7(10(16)17)4-9-13-14-11(18)15(9)8(6)3-5/h1-4H,(H,14,18)(H,16,17). The molecule has 2 aromatic heterocycles. The number of fused-ring (bicyclic) bond motifs is 3. The minimum atomic E-state index is -1.16. The minimum Gasteiger partial charge on any atom is -0.478 e. The van der Waals surface area contributed by atoms with Crippen LogP contribution in [-0.4, -0.2) is 25.7 Å². The Morgan fingerprint density at radius 1 is 1.39 bits per heavy atom. The number of rotatable bonds is 1. The number of H-pyrrole nitrogens is 1. The van der Waals surface area contributed by atoms with E-state index >= 15 is 0 Å². The number of carboxylic acid groups (broad SMARTS) is 1. The maximum absolute atomic E-state index is 13.2. The highest BCUT2D eigenvalue weighted by atomic mass is 19.1. The van der Waals surface area contributed by atoms with E-state index in [1.54, 1.807) is 0 Å². The van der Waals surface area contributed by atoms with E-state index in [1.165, 1.54) is 12.1 Å². The highest BCUT2D eigenvalue weighted by Crippen LogP contribution is 2.21. The Balaban J connectivity index is 2.65. The normalized spacial score (nSPS) is 11.2. The SMILES string of the molecule is O=C(O)c1cc2n[nH]c(=O)n2c2cc(F)ccc12. The summed E-state index contributed by atoms with van der Waals surface area (Å²) < 4.78 is 14.4. The summed E-state index contributed by atoms with van der Waals surface area (Å²) in [7, 11) is 0. The first-order chi connectivity index (χ1) is 8.58. The summed E-state index contributed by atoms with van der Waals surface area (Å²) in [4.78, 5) is 22.7. The summed E-state index contributed by atoms with van der Waals surface area (Å²) in [6, 6.07) is 4.84. The smallest absolute Gasteiger partial charge is 0.348 e. The van der Waals surface area contributed by atoms with Crippen LogP contribution in [0.2, 0.25) is 0 Å². The van der Waals surface area contributed by atoms with Crippen molar-refractivity contribution >= 4 is 22.5 Å². The van der Waals surface area contributed by atoms with E-state index in [0.29, 0.717) is 0 Å². The van der Waals surface area contributed by atoms with E-state index in [1.807, 2.05) is 0 Å². The molecule has 3 aromatic rings. The van der Waals surface area contributed by atoms with Gasteiger partial charge in [-0.15, -0.1) is 0 Å². The fourth-order valence-electron chi connectivity index (χ4n) is 1.94. The number of nitrogens with zero attached hydrogens (tertiary/aromatic N) is 2. The third kappa shape index (κ3) is 1.30. The van der Waals surface area contributed by atoms with Gasteiger partial charge in [0.05, 0.1) is 11.1 Å². The lowest BCUT2D eigenvalue weighted by atomic mass is 10.1. The lowest BCUT2D eigenvalue weighted by Crippen LogP contribution is -2.11. The monoisotopic (exact) mass is 247 g/mol. The van der Waals surface area contributed by atoms with Crippen LogP contribution in [0.5, 0.6) is 0 Å². The summed E-state index contributed by atoms with van der Waals surface area (Å²) in [5.74, 6) is -1.72. The van der Waals surface area contributed by atoms with Crippen molar-refractivity contribution in [3.8, 4) is 0 Å². The number of aromatic nitrogens is 3. The molecule has 90 valence electrons. The van der Waals surface area contributed by atoms with Crippen molar-refractivity contribution < 1.29 is 14.3 Å². The molecule has 1 aromatic carbocycles. The highest BCUT2D eigenvalue weighted by Gasteiger charge is 2.15. The molecule has 6 nitrogen and oxygen atoms in total. The van der Waals surface area contributed by atoms with Crippen molar-refractivity contribution in [1.29, 1.82) is 0 Å². The summed E-state index contributed by atoms with van der Waals surface area (Å²) in [6.07, 6.45) is 0. The third-order valence-corrected chi connectivity index (χ3v) is 2.69. The molecular weight excluding hydrogens is 241 g/mol. The van der Waals surface area contributed by atoms with E-state index in [2.05, 4.69) is 10.2 Å². The number of benzene rings is 1. The summed E-state index contributed by atoms with van der Waals surface area (Å²) in [5, 5.41) is 15.3. The van der Waals surface area contributed by atoms with Gasteiger partial charge in [0.15, 0.2) is 5.65 Å². The lowest BCUT2D eigenvalue weighted by molar-refractivity contribution is 0.0699. The Hall–Kier alpha value is -2.70. The average Bonchev–Trinajstić information content (AvgIpc) is 2.70. The van der Waals surface area contributed by atoms with Gasteiger partial charge in [-0.3, -0.25) is 0 Å². The molecule has 0 atom stereocenters. The van der Waals surface area contributed by atoms with Crippen molar-refractivity contribution in [3.63, 3.8) is 0 Å². The molecule has 0 radical (unpaired) electrons. The van der Waals surface area contributed by atoms with Gasteiger partial charge in [0.1, 0.15) is 5.82 Å². The van der Waals surface area contributed by atoms with Crippen LogP contribution in [0.1, 0.15) is 10.4 Å². The third-order valence-electron chi connectivity index (χ3n) is 2.69. The van der Waals surface area contributed by atoms with Crippen LogP contribution < -0.4 is 5.69 Å². The van der Waals surface area contributed by atoms with Crippen LogP contribution in [0, 0.1) is 5.82 Å². The molecule has 18 heavy (non-hydrogen) atoms. The molecule has 2 N–H and O–H groups in total. The molecule has 2 heterocycles. The van der Waals surface area contributed by atoms with E-state index < -0.39 is 17.5 Å². The first kappa shape index (κ1) is 10.5. The maximum atomic E-state index is 13.2. The zero-order valence-corrected chi connectivity index (χ0v) is 8.85. The quantitative estimate of drug-likeness (QED) is 0.671. The molecular formula is C11H6FN3O3. The second-order valence-corrected chi connectivity index (χ2v) is 3.75. The van der Waals surface area contributed by atoms with Gasteiger partial charge in [0, 0.05) is 5.39 Å². The maximum Gasteiger partial charge on any atom is 0.348 e. The van der Waals surface area contributed by atoms with Crippen LogP contribution in [0.3, 0.4) is 0 Å². The van der Waals surface area contributed by atoms with Crippen LogP contribution in [-0.2, 0) is 0 Å². The van der Waals surface area contributed by atoms with Crippen LogP contribution in [0.15, 0.2) is 29.1 Å². The van der Waals surface area contributed by atoms with E-state index in [-0.39, 0.29) is 22.1 Å². The first-order valence-corrected chi connectivity index (χ1v) is 5.00. The van der Waals surface area contributed by atoms with Crippen LogP contribution in [0.25, 0.3) is 16.6 Å². The van der Waals surface area contributed by atoms with Gasteiger partial charge in [-0.2, -0.15) is 5.10 Å². The van der Waals surface area contributed by atoms with Crippen molar-refractivity contribution in [2.45, 2.75) is 0 Å². The Labute approximate surface area is 98.3 Å². The first-order valence-electron chi connectivity index (χ1n) is 5.00. The fourth-order valence-corrected chi connectivity index (χ4v) is 1.94. The molecule has 3 rings (SSSR count). The molecule has 0 bridgehead atoms. The number of hydrogen-bond donors (Lipinski definition) is 2. The Morgan fingerprint density at radius 2 is 2.17 bits per heavy atom. The van der Waals surface area contributed by atoms with Gasteiger partial charge in [0.2, 0.25) is 0 Å². The molecule has 0 unspecified atom stereocenters. The summed E-state index contributed by atoms with van der Waals surface area (Å²) in [6.45, 7) is 0.